The number of rotatable bonds is 4. The van der Waals surface area contributed by atoms with Gasteiger partial charge in [0.2, 0.25) is 0 Å². The van der Waals surface area contributed by atoms with Gasteiger partial charge >= 0.3 is 0 Å². The van der Waals surface area contributed by atoms with E-state index in [0.29, 0.717) is 0 Å². The third-order valence-corrected chi connectivity index (χ3v) is 3.73. The van der Waals surface area contributed by atoms with Gasteiger partial charge in [0.05, 0.1) is 0 Å². The van der Waals surface area contributed by atoms with Crippen molar-refractivity contribution in [3.8, 4) is 0 Å². The summed E-state index contributed by atoms with van der Waals surface area (Å²) in [6.07, 6.45) is 0. The summed E-state index contributed by atoms with van der Waals surface area (Å²) in [6.45, 7) is 2.25. The van der Waals surface area contributed by atoms with E-state index in [2.05, 4.69) is 5.32 Å². The SMILES string of the molecule is Cc1ccc(N[C@@H]2SC(=O)N(CCCl)C2=O)cc1. The molecule has 6 heteroatoms. The fourth-order valence-corrected chi connectivity index (χ4v) is 2.73. The molecule has 0 saturated carbocycles. The summed E-state index contributed by atoms with van der Waals surface area (Å²) < 4.78 is 0. The van der Waals surface area contributed by atoms with Crippen LogP contribution in [0.2, 0.25) is 0 Å². The molecule has 1 aliphatic heterocycles. The van der Waals surface area contributed by atoms with Gasteiger partial charge in [-0.05, 0) is 30.8 Å². The minimum absolute atomic E-state index is 0.230. The third-order valence-electron chi connectivity index (χ3n) is 2.59. The molecule has 1 aliphatic rings. The van der Waals surface area contributed by atoms with Gasteiger partial charge in [0, 0.05) is 18.1 Å². The number of amides is 2. The van der Waals surface area contributed by atoms with E-state index in [0.717, 1.165) is 23.0 Å². The first-order chi connectivity index (χ1) is 8.61. The van der Waals surface area contributed by atoms with E-state index in [1.807, 2.05) is 31.2 Å². The summed E-state index contributed by atoms with van der Waals surface area (Å²) in [7, 11) is 0. The molecule has 96 valence electrons. The highest BCUT2D eigenvalue weighted by molar-refractivity contribution is 8.15. The van der Waals surface area contributed by atoms with Gasteiger partial charge < -0.3 is 5.32 Å². The van der Waals surface area contributed by atoms with Crippen LogP contribution in [0, 0.1) is 6.92 Å². The molecular weight excluding hydrogens is 272 g/mol. The minimum atomic E-state index is -0.552. The molecule has 18 heavy (non-hydrogen) atoms. The Kier molecular flexibility index (Phi) is 4.14. The molecule has 0 radical (unpaired) electrons. The molecular formula is C12H13ClN2O2S. The molecule has 0 aliphatic carbocycles. The van der Waals surface area contributed by atoms with Crippen LogP contribution < -0.4 is 5.32 Å². The second-order valence-electron chi connectivity index (χ2n) is 3.95. The number of nitrogens with zero attached hydrogens (tertiary/aromatic N) is 1. The number of carbonyl (C=O) groups is 2. The number of imide groups is 1. The Morgan fingerprint density at radius 2 is 2.00 bits per heavy atom. The van der Waals surface area contributed by atoms with Crippen molar-refractivity contribution in [1.82, 2.24) is 4.90 Å². The maximum Gasteiger partial charge on any atom is 0.290 e. The maximum absolute atomic E-state index is 11.9. The molecule has 1 fully saturated rings. The summed E-state index contributed by atoms with van der Waals surface area (Å²) in [6, 6.07) is 7.67. The lowest BCUT2D eigenvalue weighted by Crippen LogP contribution is -2.35. The quantitative estimate of drug-likeness (QED) is 0.864. The van der Waals surface area contributed by atoms with Crippen molar-refractivity contribution in [2.24, 2.45) is 0 Å². The van der Waals surface area contributed by atoms with Gasteiger partial charge in [-0.25, -0.2) is 0 Å². The number of benzene rings is 1. The van der Waals surface area contributed by atoms with Gasteiger partial charge in [-0.15, -0.1) is 11.6 Å². The first-order valence-electron chi connectivity index (χ1n) is 5.53. The molecule has 1 N–H and O–H groups in total. The predicted octanol–water partition coefficient (Wildman–Crippen LogP) is 2.67. The van der Waals surface area contributed by atoms with Crippen LogP contribution in [0.25, 0.3) is 0 Å². The normalized spacial score (nSPS) is 19.4. The number of alkyl halides is 1. The first kappa shape index (κ1) is 13.2. The second-order valence-corrected chi connectivity index (χ2v) is 5.39. The van der Waals surface area contributed by atoms with Crippen LogP contribution in [0.4, 0.5) is 10.5 Å². The zero-order valence-electron chi connectivity index (χ0n) is 9.85. The zero-order chi connectivity index (χ0) is 13.1. The van der Waals surface area contributed by atoms with Crippen LogP contribution in [0.5, 0.6) is 0 Å². The first-order valence-corrected chi connectivity index (χ1v) is 6.94. The molecule has 1 aromatic rings. The fourth-order valence-electron chi connectivity index (χ4n) is 1.62. The van der Waals surface area contributed by atoms with Crippen molar-refractivity contribution >= 4 is 40.2 Å². The topological polar surface area (TPSA) is 49.4 Å². The highest BCUT2D eigenvalue weighted by atomic mass is 35.5. The highest BCUT2D eigenvalue weighted by Gasteiger charge is 2.39. The highest BCUT2D eigenvalue weighted by Crippen LogP contribution is 2.28. The van der Waals surface area contributed by atoms with Crippen LogP contribution in [-0.4, -0.2) is 33.8 Å². The van der Waals surface area contributed by atoms with Crippen molar-refractivity contribution < 1.29 is 9.59 Å². The van der Waals surface area contributed by atoms with Crippen molar-refractivity contribution in [2.45, 2.75) is 12.3 Å². The number of anilines is 1. The van der Waals surface area contributed by atoms with Crippen LogP contribution in [0.15, 0.2) is 24.3 Å². The van der Waals surface area contributed by atoms with Gasteiger partial charge in [-0.2, -0.15) is 0 Å². The Morgan fingerprint density at radius 3 is 2.61 bits per heavy atom. The van der Waals surface area contributed by atoms with E-state index >= 15 is 0 Å². The Bertz CT molecular complexity index is 464. The van der Waals surface area contributed by atoms with Crippen molar-refractivity contribution in [3.05, 3.63) is 29.8 Å². The van der Waals surface area contributed by atoms with E-state index in [1.165, 1.54) is 4.90 Å². The van der Waals surface area contributed by atoms with E-state index in [-0.39, 0.29) is 23.6 Å². The lowest BCUT2D eigenvalue weighted by atomic mass is 10.2. The van der Waals surface area contributed by atoms with E-state index in [9.17, 15) is 9.59 Å². The van der Waals surface area contributed by atoms with Crippen LogP contribution in [0.3, 0.4) is 0 Å². The summed E-state index contributed by atoms with van der Waals surface area (Å²) in [5, 5.41) is 2.25. The molecule has 0 unspecified atom stereocenters. The van der Waals surface area contributed by atoms with Crippen molar-refractivity contribution in [1.29, 1.82) is 0 Å². The summed E-state index contributed by atoms with van der Waals surface area (Å²) >= 11 is 6.55. The van der Waals surface area contributed by atoms with E-state index in [1.54, 1.807) is 0 Å². The molecule has 2 amide bonds. The Balaban J connectivity index is 2.05. The number of hydrogen-bond donors (Lipinski definition) is 1. The molecule has 2 rings (SSSR count). The van der Waals surface area contributed by atoms with Crippen LogP contribution in [-0.2, 0) is 4.79 Å². The zero-order valence-corrected chi connectivity index (χ0v) is 11.4. The fraction of sp³-hybridized carbons (Fsp3) is 0.333. The summed E-state index contributed by atoms with van der Waals surface area (Å²) in [4.78, 5) is 24.7. The van der Waals surface area contributed by atoms with Gasteiger partial charge in [-0.3, -0.25) is 14.5 Å². The average molecular weight is 285 g/mol. The second kappa shape index (κ2) is 5.63. The number of carbonyl (C=O) groups excluding carboxylic acids is 2. The molecule has 0 bridgehead atoms. The number of nitrogens with one attached hydrogen (secondary N) is 1. The largest absolute Gasteiger partial charge is 0.365 e. The van der Waals surface area contributed by atoms with Crippen molar-refractivity contribution in [2.75, 3.05) is 17.7 Å². The smallest absolute Gasteiger partial charge is 0.290 e. The monoisotopic (exact) mass is 284 g/mol. The average Bonchev–Trinajstić information content (AvgIpc) is 2.60. The molecule has 1 heterocycles. The Morgan fingerprint density at radius 1 is 1.33 bits per heavy atom. The summed E-state index contributed by atoms with van der Waals surface area (Å²) in [5.41, 5.74) is 1.97. The molecule has 1 atom stereocenters. The van der Waals surface area contributed by atoms with Crippen molar-refractivity contribution in [3.63, 3.8) is 0 Å². The van der Waals surface area contributed by atoms with Crippen LogP contribution >= 0.6 is 23.4 Å². The third kappa shape index (κ3) is 2.79. The Hall–Kier alpha value is -1.20. The minimum Gasteiger partial charge on any atom is -0.365 e. The van der Waals surface area contributed by atoms with Gasteiger partial charge in [0.25, 0.3) is 11.1 Å². The maximum atomic E-state index is 11.9. The van der Waals surface area contributed by atoms with Crippen LogP contribution in [0.1, 0.15) is 5.56 Å². The Labute approximate surface area is 115 Å². The number of hydrogen-bond acceptors (Lipinski definition) is 4. The van der Waals surface area contributed by atoms with Gasteiger partial charge in [0.15, 0.2) is 5.37 Å². The summed E-state index contributed by atoms with van der Waals surface area (Å²) in [5.74, 6) is 0.0289. The molecule has 0 spiro atoms. The van der Waals surface area contributed by atoms with Gasteiger partial charge in [-0.1, -0.05) is 17.7 Å². The van der Waals surface area contributed by atoms with E-state index in [4.69, 9.17) is 11.6 Å². The number of halogens is 1. The molecule has 1 aromatic carbocycles. The number of thioether (sulfide) groups is 1. The lowest BCUT2D eigenvalue weighted by molar-refractivity contribution is -0.126. The molecule has 0 aromatic heterocycles. The number of aryl methyl sites for hydroxylation is 1. The van der Waals surface area contributed by atoms with E-state index < -0.39 is 5.37 Å². The molecule has 4 nitrogen and oxygen atoms in total. The molecule has 1 saturated heterocycles. The van der Waals surface area contributed by atoms with Gasteiger partial charge in [0.1, 0.15) is 0 Å². The lowest BCUT2D eigenvalue weighted by Gasteiger charge is -2.13. The predicted molar refractivity (Wildman–Crippen MR) is 74.0 cm³/mol. The standard InChI is InChI=1S/C12H13ClN2O2S/c1-8-2-4-9(5-3-8)14-10-11(16)15(7-6-13)12(17)18-10/h2-5,10,14H,6-7H2,1H3/t10-/m1/s1.